The third kappa shape index (κ3) is 3.32. The number of nitrogens with zero attached hydrogens (tertiary/aromatic N) is 3. The standard InChI is InChI=1S/C20H26F2N4O/c1-10-6-16(19(21)22)18-12(3)25-26(20(18)23-10)9-17(27)24-11(2)15-8-13-4-5-14(15)7-13/h6,11,13-15,19H,4-5,7-9H2,1-3H3,(H,24,27). The quantitative estimate of drug-likeness (QED) is 0.860. The van der Waals surface area contributed by atoms with Crippen LogP contribution in [0.25, 0.3) is 11.0 Å². The second kappa shape index (κ2) is 6.84. The summed E-state index contributed by atoms with van der Waals surface area (Å²) in [7, 11) is 0. The van der Waals surface area contributed by atoms with E-state index in [1.54, 1.807) is 13.8 Å². The molecule has 2 aliphatic carbocycles. The van der Waals surface area contributed by atoms with E-state index in [2.05, 4.69) is 22.3 Å². The molecule has 2 aliphatic rings. The van der Waals surface area contributed by atoms with Gasteiger partial charge in [-0.1, -0.05) is 6.42 Å². The summed E-state index contributed by atoms with van der Waals surface area (Å²) in [5, 5.41) is 7.77. The van der Waals surface area contributed by atoms with Crippen molar-refractivity contribution in [2.75, 3.05) is 0 Å². The molecule has 0 aromatic carbocycles. The predicted molar refractivity (Wildman–Crippen MR) is 98.5 cm³/mol. The van der Waals surface area contributed by atoms with Crippen LogP contribution in [0.1, 0.15) is 56.0 Å². The Morgan fingerprint density at radius 3 is 2.74 bits per heavy atom. The lowest BCUT2D eigenvalue weighted by Gasteiger charge is -2.28. The summed E-state index contributed by atoms with van der Waals surface area (Å²) in [4.78, 5) is 17.0. The van der Waals surface area contributed by atoms with E-state index in [1.165, 1.54) is 36.4 Å². The maximum Gasteiger partial charge on any atom is 0.264 e. The van der Waals surface area contributed by atoms with E-state index >= 15 is 0 Å². The van der Waals surface area contributed by atoms with Gasteiger partial charge >= 0.3 is 0 Å². The first kappa shape index (κ1) is 18.3. The molecule has 0 saturated heterocycles. The van der Waals surface area contributed by atoms with Gasteiger partial charge in [0.2, 0.25) is 5.91 Å². The molecule has 2 saturated carbocycles. The molecule has 2 aromatic heterocycles. The highest BCUT2D eigenvalue weighted by Crippen LogP contribution is 2.49. The Kier molecular flexibility index (Phi) is 4.64. The lowest BCUT2D eigenvalue weighted by atomic mass is 9.84. The minimum Gasteiger partial charge on any atom is -0.352 e. The van der Waals surface area contributed by atoms with Gasteiger partial charge in [0.1, 0.15) is 6.54 Å². The summed E-state index contributed by atoms with van der Waals surface area (Å²) >= 11 is 0. The number of halogens is 2. The minimum atomic E-state index is -2.60. The van der Waals surface area contributed by atoms with E-state index in [4.69, 9.17) is 0 Å². The summed E-state index contributed by atoms with van der Waals surface area (Å²) in [5.41, 5.74) is 1.25. The van der Waals surface area contributed by atoms with Crippen molar-refractivity contribution in [1.82, 2.24) is 20.1 Å². The number of fused-ring (bicyclic) bond motifs is 3. The molecule has 2 bridgehead atoms. The van der Waals surface area contributed by atoms with E-state index in [1.807, 2.05) is 0 Å². The molecule has 4 rings (SSSR count). The Morgan fingerprint density at radius 1 is 1.33 bits per heavy atom. The predicted octanol–water partition coefficient (Wildman–Crippen LogP) is 3.93. The van der Waals surface area contributed by atoms with Crippen LogP contribution in [0.5, 0.6) is 0 Å². The highest BCUT2D eigenvalue weighted by Gasteiger charge is 2.42. The summed E-state index contributed by atoms with van der Waals surface area (Å²) < 4.78 is 28.3. The van der Waals surface area contributed by atoms with Crippen LogP contribution in [0, 0.1) is 31.6 Å². The zero-order valence-electron chi connectivity index (χ0n) is 16.0. The lowest BCUT2D eigenvalue weighted by Crippen LogP contribution is -2.41. The fraction of sp³-hybridized carbons (Fsp3) is 0.650. The molecular formula is C20H26F2N4O. The van der Waals surface area contributed by atoms with Crippen LogP contribution in [0.4, 0.5) is 8.78 Å². The average Bonchev–Trinajstić information content (AvgIpc) is 3.29. The number of nitrogens with one attached hydrogen (secondary N) is 1. The van der Waals surface area contributed by atoms with Gasteiger partial charge in [0.05, 0.1) is 11.1 Å². The van der Waals surface area contributed by atoms with Crippen LogP contribution < -0.4 is 5.32 Å². The van der Waals surface area contributed by atoms with Gasteiger partial charge in [-0.15, -0.1) is 0 Å². The zero-order valence-corrected chi connectivity index (χ0v) is 16.0. The first-order valence-corrected chi connectivity index (χ1v) is 9.75. The van der Waals surface area contributed by atoms with Gasteiger partial charge in [0, 0.05) is 17.3 Å². The fourth-order valence-electron chi connectivity index (χ4n) is 5.25. The molecule has 7 heteroatoms. The highest BCUT2D eigenvalue weighted by atomic mass is 19.3. The van der Waals surface area contributed by atoms with Crippen LogP contribution in [-0.4, -0.2) is 26.7 Å². The normalized spacial score (nSPS) is 25.5. The Hall–Kier alpha value is -2.05. The number of hydrogen-bond donors (Lipinski definition) is 1. The first-order valence-electron chi connectivity index (χ1n) is 9.75. The number of pyridine rings is 1. The number of amides is 1. The molecule has 2 fully saturated rings. The Morgan fingerprint density at radius 2 is 2.11 bits per heavy atom. The van der Waals surface area contributed by atoms with E-state index in [9.17, 15) is 13.6 Å². The Bertz CT molecular complexity index is 878. The maximum absolute atomic E-state index is 13.4. The van der Waals surface area contributed by atoms with Crippen molar-refractivity contribution >= 4 is 16.9 Å². The SMILES string of the molecule is Cc1cc(C(F)F)c2c(C)nn(CC(=O)NC(C)C3CC4CCC3C4)c2n1. The van der Waals surface area contributed by atoms with Gasteiger partial charge in [-0.05, 0) is 63.9 Å². The fourth-order valence-corrected chi connectivity index (χ4v) is 5.25. The molecule has 0 aliphatic heterocycles. The van der Waals surface area contributed by atoms with Gasteiger partial charge < -0.3 is 5.32 Å². The van der Waals surface area contributed by atoms with E-state index < -0.39 is 6.43 Å². The van der Waals surface area contributed by atoms with Crippen molar-refractivity contribution in [1.29, 1.82) is 0 Å². The van der Waals surface area contributed by atoms with Crippen LogP contribution in [0.2, 0.25) is 0 Å². The summed E-state index contributed by atoms with van der Waals surface area (Å²) in [6.45, 7) is 5.43. The molecule has 1 N–H and O–H groups in total. The van der Waals surface area contributed by atoms with E-state index in [-0.39, 0.29) is 24.1 Å². The molecule has 0 radical (unpaired) electrons. The van der Waals surface area contributed by atoms with Crippen LogP contribution in [-0.2, 0) is 11.3 Å². The Balaban J connectivity index is 1.52. The number of carbonyl (C=O) groups excluding carboxylic acids is 1. The summed E-state index contributed by atoms with van der Waals surface area (Å²) in [6, 6.07) is 1.52. The second-order valence-electron chi connectivity index (χ2n) is 8.29. The molecule has 27 heavy (non-hydrogen) atoms. The van der Waals surface area contributed by atoms with Crippen molar-refractivity contribution < 1.29 is 13.6 Å². The van der Waals surface area contributed by atoms with E-state index in [0.29, 0.717) is 28.3 Å². The Labute approximate surface area is 157 Å². The molecule has 4 atom stereocenters. The van der Waals surface area contributed by atoms with Crippen molar-refractivity contribution in [2.45, 2.75) is 65.5 Å². The number of aromatic nitrogens is 3. The molecule has 5 nitrogen and oxygen atoms in total. The van der Waals surface area contributed by atoms with Gasteiger partial charge in [0.15, 0.2) is 5.65 Å². The van der Waals surface area contributed by atoms with Crippen LogP contribution >= 0.6 is 0 Å². The smallest absolute Gasteiger partial charge is 0.264 e. The van der Waals surface area contributed by atoms with Gasteiger partial charge in [0.25, 0.3) is 6.43 Å². The van der Waals surface area contributed by atoms with Crippen molar-refractivity contribution in [2.24, 2.45) is 17.8 Å². The molecule has 2 aromatic rings. The van der Waals surface area contributed by atoms with Crippen LogP contribution in [0.3, 0.4) is 0 Å². The monoisotopic (exact) mass is 376 g/mol. The number of hydrogen-bond acceptors (Lipinski definition) is 3. The third-order valence-electron chi connectivity index (χ3n) is 6.39. The van der Waals surface area contributed by atoms with Crippen molar-refractivity contribution in [3.8, 4) is 0 Å². The number of carbonyl (C=O) groups is 1. The maximum atomic E-state index is 13.4. The topological polar surface area (TPSA) is 59.8 Å². The van der Waals surface area contributed by atoms with Crippen molar-refractivity contribution in [3.05, 3.63) is 23.0 Å². The highest BCUT2D eigenvalue weighted by molar-refractivity contribution is 5.84. The molecule has 4 unspecified atom stereocenters. The van der Waals surface area contributed by atoms with Crippen LogP contribution in [0.15, 0.2) is 6.07 Å². The number of rotatable bonds is 5. The molecular weight excluding hydrogens is 350 g/mol. The number of alkyl halides is 2. The molecule has 0 spiro atoms. The van der Waals surface area contributed by atoms with Crippen molar-refractivity contribution in [3.63, 3.8) is 0 Å². The summed E-state index contributed by atoms with van der Waals surface area (Å²) in [6.07, 6.45) is 2.51. The molecule has 146 valence electrons. The zero-order chi connectivity index (χ0) is 19.3. The minimum absolute atomic E-state index is 0.00533. The van der Waals surface area contributed by atoms with Gasteiger partial charge in [-0.2, -0.15) is 5.10 Å². The lowest BCUT2D eigenvalue weighted by molar-refractivity contribution is -0.122. The van der Waals surface area contributed by atoms with Gasteiger partial charge in [-0.3, -0.25) is 4.79 Å². The second-order valence-corrected chi connectivity index (χ2v) is 8.29. The van der Waals surface area contributed by atoms with Gasteiger partial charge in [-0.25, -0.2) is 18.4 Å². The average molecular weight is 376 g/mol. The number of aryl methyl sites for hydroxylation is 2. The third-order valence-corrected chi connectivity index (χ3v) is 6.39. The summed E-state index contributed by atoms with van der Waals surface area (Å²) in [5.74, 6) is 1.97. The molecule has 2 heterocycles. The first-order chi connectivity index (χ1) is 12.8. The van der Waals surface area contributed by atoms with E-state index in [0.717, 1.165) is 11.8 Å². The largest absolute Gasteiger partial charge is 0.352 e. The molecule has 1 amide bonds.